The van der Waals surface area contributed by atoms with Crippen molar-refractivity contribution in [1.82, 2.24) is 5.32 Å². The second kappa shape index (κ2) is 8.86. The minimum Gasteiger partial charge on any atom is -0.364 e. The Morgan fingerprint density at radius 1 is 1.39 bits per heavy atom. The third kappa shape index (κ3) is 5.49. The topological polar surface area (TPSA) is 93.5 Å². The highest BCUT2D eigenvalue weighted by Crippen LogP contribution is 2.21. The summed E-state index contributed by atoms with van der Waals surface area (Å²) in [5.74, 6) is -0.241. The SMILES string of the molecule is CC(=O)Nc1cccc(C(C)NC(=O)[C@@H]2CC[C@H](CN)O2)c1.Cl. The smallest absolute Gasteiger partial charge is 0.249 e. The molecular formula is C16H24ClN3O3. The van der Waals surface area contributed by atoms with Crippen LogP contribution in [-0.4, -0.2) is 30.6 Å². The lowest BCUT2D eigenvalue weighted by atomic mass is 10.1. The predicted octanol–water partition coefficient (Wildman–Crippen LogP) is 1.75. The summed E-state index contributed by atoms with van der Waals surface area (Å²) < 4.78 is 5.59. The van der Waals surface area contributed by atoms with Crippen molar-refractivity contribution in [1.29, 1.82) is 0 Å². The van der Waals surface area contributed by atoms with E-state index < -0.39 is 6.10 Å². The Kier molecular flexibility index (Phi) is 7.48. The first-order valence-corrected chi connectivity index (χ1v) is 7.53. The summed E-state index contributed by atoms with van der Waals surface area (Å²) in [5, 5.41) is 5.68. The van der Waals surface area contributed by atoms with Gasteiger partial charge in [0.05, 0.1) is 12.1 Å². The molecule has 7 heteroatoms. The van der Waals surface area contributed by atoms with Crippen LogP contribution >= 0.6 is 12.4 Å². The molecule has 1 aliphatic heterocycles. The number of hydrogen-bond acceptors (Lipinski definition) is 4. The Bertz CT molecular complexity index is 553. The summed E-state index contributed by atoms with van der Waals surface area (Å²) >= 11 is 0. The molecule has 128 valence electrons. The van der Waals surface area contributed by atoms with Crippen molar-refractivity contribution in [2.45, 2.75) is 44.9 Å². The first-order chi connectivity index (χ1) is 10.5. The largest absolute Gasteiger partial charge is 0.364 e. The van der Waals surface area contributed by atoms with E-state index in [1.807, 2.05) is 31.2 Å². The molecule has 2 amide bonds. The number of carbonyl (C=O) groups excluding carboxylic acids is 2. The first-order valence-electron chi connectivity index (χ1n) is 7.53. The molecule has 2 rings (SSSR count). The number of nitrogens with one attached hydrogen (secondary N) is 2. The Morgan fingerprint density at radius 2 is 2.13 bits per heavy atom. The zero-order valence-corrected chi connectivity index (χ0v) is 14.2. The van der Waals surface area contributed by atoms with E-state index in [-0.39, 0.29) is 36.4 Å². The van der Waals surface area contributed by atoms with Gasteiger partial charge in [-0.05, 0) is 37.5 Å². The fourth-order valence-electron chi connectivity index (χ4n) is 2.55. The minimum atomic E-state index is -0.422. The number of hydrogen-bond donors (Lipinski definition) is 3. The molecule has 4 N–H and O–H groups in total. The molecule has 1 aliphatic rings. The van der Waals surface area contributed by atoms with Crippen LogP contribution < -0.4 is 16.4 Å². The van der Waals surface area contributed by atoms with Gasteiger partial charge in [-0.25, -0.2) is 0 Å². The Hall–Kier alpha value is -1.63. The molecule has 0 radical (unpaired) electrons. The Labute approximate surface area is 142 Å². The van der Waals surface area contributed by atoms with Crippen molar-refractivity contribution in [3.8, 4) is 0 Å². The molecule has 6 nitrogen and oxygen atoms in total. The van der Waals surface area contributed by atoms with E-state index in [0.29, 0.717) is 18.7 Å². The quantitative estimate of drug-likeness (QED) is 0.760. The molecule has 1 aromatic rings. The number of rotatable bonds is 5. The molecule has 0 saturated carbocycles. The molecule has 0 bridgehead atoms. The van der Waals surface area contributed by atoms with Crippen LogP contribution in [0.4, 0.5) is 5.69 Å². The fraction of sp³-hybridized carbons (Fsp3) is 0.500. The van der Waals surface area contributed by atoms with Gasteiger partial charge in [0, 0.05) is 19.2 Å². The van der Waals surface area contributed by atoms with Gasteiger partial charge in [0.15, 0.2) is 0 Å². The lowest BCUT2D eigenvalue weighted by molar-refractivity contribution is -0.132. The van der Waals surface area contributed by atoms with Crippen LogP contribution in [0.15, 0.2) is 24.3 Å². The van der Waals surface area contributed by atoms with Gasteiger partial charge in [0.25, 0.3) is 0 Å². The number of anilines is 1. The van der Waals surface area contributed by atoms with Crippen molar-refractivity contribution >= 4 is 29.9 Å². The number of benzene rings is 1. The van der Waals surface area contributed by atoms with E-state index >= 15 is 0 Å². The van der Waals surface area contributed by atoms with Gasteiger partial charge < -0.3 is 21.1 Å². The van der Waals surface area contributed by atoms with Gasteiger partial charge >= 0.3 is 0 Å². The molecule has 0 aliphatic carbocycles. The van der Waals surface area contributed by atoms with Gasteiger partial charge in [-0.15, -0.1) is 12.4 Å². The second-order valence-corrected chi connectivity index (χ2v) is 5.60. The van der Waals surface area contributed by atoms with E-state index in [4.69, 9.17) is 10.5 Å². The molecule has 1 unspecified atom stereocenters. The number of nitrogens with two attached hydrogens (primary N) is 1. The van der Waals surface area contributed by atoms with Crippen molar-refractivity contribution in [2.24, 2.45) is 5.73 Å². The number of halogens is 1. The maximum atomic E-state index is 12.2. The highest BCUT2D eigenvalue weighted by molar-refractivity contribution is 5.88. The van der Waals surface area contributed by atoms with Gasteiger partial charge in [-0.3, -0.25) is 9.59 Å². The molecule has 1 aromatic carbocycles. The molecule has 0 aromatic heterocycles. The van der Waals surface area contributed by atoms with Crippen molar-refractivity contribution in [2.75, 3.05) is 11.9 Å². The van der Waals surface area contributed by atoms with Crippen molar-refractivity contribution < 1.29 is 14.3 Å². The third-order valence-corrected chi connectivity index (χ3v) is 3.73. The van der Waals surface area contributed by atoms with Gasteiger partial charge in [-0.2, -0.15) is 0 Å². The molecule has 1 saturated heterocycles. The number of carbonyl (C=O) groups is 2. The number of amides is 2. The van der Waals surface area contributed by atoms with E-state index in [1.54, 1.807) is 0 Å². The predicted molar refractivity (Wildman–Crippen MR) is 91.5 cm³/mol. The zero-order chi connectivity index (χ0) is 16.1. The summed E-state index contributed by atoms with van der Waals surface area (Å²) in [6.45, 7) is 3.81. The van der Waals surface area contributed by atoms with Crippen LogP contribution in [0.25, 0.3) is 0 Å². The fourth-order valence-corrected chi connectivity index (χ4v) is 2.55. The molecule has 0 spiro atoms. The lowest BCUT2D eigenvalue weighted by Crippen LogP contribution is -2.37. The first kappa shape index (κ1) is 19.4. The average Bonchev–Trinajstić information content (AvgIpc) is 2.95. The molecule has 3 atom stereocenters. The molecule has 1 heterocycles. The lowest BCUT2D eigenvalue weighted by Gasteiger charge is -2.18. The highest BCUT2D eigenvalue weighted by atomic mass is 35.5. The molecular weight excluding hydrogens is 318 g/mol. The van der Waals surface area contributed by atoms with Crippen LogP contribution in [0, 0.1) is 0 Å². The van der Waals surface area contributed by atoms with E-state index in [2.05, 4.69) is 10.6 Å². The van der Waals surface area contributed by atoms with Crippen LogP contribution in [0.2, 0.25) is 0 Å². The molecule has 1 fully saturated rings. The van der Waals surface area contributed by atoms with E-state index in [0.717, 1.165) is 12.0 Å². The minimum absolute atomic E-state index is 0. The maximum Gasteiger partial charge on any atom is 0.249 e. The van der Waals surface area contributed by atoms with Gasteiger partial charge in [0.2, 0.25) is 11.8 Å². The summed E-state index contributed by atoms with van der Waals surface area (Å²) in [7, 11) is 0. The van der Waals surface area contributed by atoms with E-state index in [9.17, 15) is 9.59 Å². The normalized spacial score (nSPS) is 21.2. The zero-order valence-electron chi connectivity index (χ0n) is 13.4. The summed E-state index contributed by atoms with van der Waals surface area (Å²) in [5.41, 5.74) is 7.19. The van der Waals surface area contributed by atoms with Crippen LogP contribution in [-0.2, 0) is 14.3 Å². The average molecular weight is 342 g/mol. The van der Waals surface area contributed by atoms with Crippen molar-refractivity contribution in [3.05, 3.63) is 29.8 Å². The third-order valence-electron chi connectivity index (χ3n) is 3.73. The number of ether oxygens (including phenoxy) is 1. The van der Waals surface area contributed by atoms with Crippen LogP contribution in [0.1, 0.15) is 38.3 Å². The monoisotopic (exact) mass is 341 g/mol. The second-order valence-electron chi connectivity index (χ2n) is 5.60. The van der Waals surface area contributed by atoms with Crippen molar-refractivity contribution in [3.63, 3.8) is 0 Å². The summed E-state index contributed by atoms with van der Waals surface area (Å²) in [6.07, 6.45) is 1.08. The maximum absolute atomic E-state index is 12.2. The molecule has 23 heavy (non-hydrogen) atoms. The van der Waals surface area contributed by atoms with Crippen LogP contribution in [0.5, 0.6) is 0 Å². The Morgan fingerprint density at radius 3 is 2.74 bits per heavy atom. The van der Waals surface area contributed by atoms with Gasteiger partial charge in [-0.1, -0.05) is 12.1 Å². The van der Waals surface area contributed by atoms with E-state index in [1.165, 1.54) is 6.92 Å². The Balaban J connectivity index is 0.00000264. The summed E-state index contributed by atoms with van der Waals surface area (Å²) in [6, 6.07) is 7.26. The highest BCUT2D eigenvalue weighted by Gasteiger charge is 2.30. The van der Waals surface area contributed by atoms with Crippen LogP contribution in [0.3, 0.4) is 0 Å². The summed E-state index contributed by atoms with van der Waals surface area (Å²) in [4.78, 5) is 23.3. The van der Waals surface area contributed by atoms with Gasteiger partial charge in [0.1, 0.15) is 6.10 Å². The standard InChI is InChI=1S/C16H23N3O3.ClH/c1-10(12-4-3-5-13(8-12)19-11(2)20)18-16(21)15-7-6-14(9-17)22-15;/h3-5,8,10,14-15H,6-7,9,17H2,1-2H3,(H,18,21)(H,19,20);1H/t10?,14-,15+;/m1./s1.